The van der Waals surface area contributed by atoms with Crippen LogP contribution in [0.1, 0.15) is 28.2 Å². The molecule has 0 fully saturated rings. The van der Waals surface area contributed by atoms with Gasteiger partial charge < -0.3 is 10.6 Å². The Balaban J connectivity index is 1.89. The van der Waals surface area contributed by atoms with E-state index in [-0.39, 0.29) is 18.9 Å². The summed E-state index contributed by atoms with van der Waals surface area (Å²) in [5.41, 5.74) is 3.46. The SMILES string of the molecule is Cc1cncc(CC(NC(=O)C(c2ccccc2)c2ccccc2)C(=O)NCC#N)c1. The molecule has 0 saturated carbocycles. The molecule has 0 aliphatic carbocycles. The van der Waals surface area contributed by atoms with Crippen molar-refractivity contribution in [1.29, 1.82) is 5.26 Å². The van der Waals surface area contributed by atoms with Crippen LogP contribution in [-0.2, 0) is 16.0 Å². The maximum Gasteiger partial charge on any atom is 0.243 e. The van der Waals surface area contributed by atoms with Gasteiger partial charge in [-0.3, -0.25) is 14.6 Å². The molecule has 2 amide bonds. The van der Waals surface area contributed by atoms with Crippen LogP contribution in [0.5, 0.6) is 0 Å². The molecule has 2 aromatic carbocycles. The normalized spacial score (nSPS) is 11.4. The van der Waals surface area contributed by atoms with E-state index < -0.39 is 17.9 Å². The fraction of sp³-hybridized carbons (Fsp3) is 0.200. The highest BCUT2D eigenvalue weighted by Gasteiger charge is 2.28. The topological polar surface area (TPSA) is 94.9 Å². The van der Waals surface area contributed by atoms with Gasteiger partial charge in [0.1, 0.15) is 12.6 Å². The van der Waals surface area contributed by atoms with Crippen molar-refractivity contribution in [3.8, 4) is 6.07 Å². The Morgan fingerprint density at radius 3 is 2.13 bits per heavy atom. The lowest BCUT2D eigenvalue weighted by molar-refractivity contribution is -0.129. The second-order valence-electron chi connectivity index (χ2n) is 7.27. The van der Waals surface area contributed by atoms with Crippen molar-refractivity contribution >= 4 is 11.8 Å². The molecule has 0 saturated heterocycles. The third-order valence-electron chi connectivity index (χ3n) is 4.87. The zero-order valence-corrected chi connectivity index (χ0v) is 17.3. The average Bonchev–Trinajstić information content (AvgIpc) is 2.78. The van der Waals surface area contributed by atoms with Crippen LogP contribution in [0.25, 0.3) is 0 Å². The number of rotatable bonds is 8. The number of hydrogen-bond acceptors (Lipinski definition) is 4. The molecule has 6 nitrogen and oxygen atoms in total. The van der Waals surface area contributed by atoms with Crippen molar-refractivity contribution in [3.05, 3.63) is 101 Å². The molecular formula is C25H24N4O2. The van der Waals surface area contributed by atoms with Crippen LogP contribution < -0.4 is 10.6 Å². The Bertz CT molecular complexity index is 1020. The highest BCUT2D eigenvalue weighted by molar-refractivity contribution is 5.92. The van der Waals surface area contributed by atoms with Gasteiger partial charge in [-0.15, -0.1) is 0 Å². The van der Waals surface area contributed by atoms with Crippen LogP contribution in [0.15, 0.2) is 79.1 Å². The minimum absolute atomic E-state index is 0.127. The predicted octanol–water partition coefficient (Wildman–Crippen LogP) is 2.89. The Labute approximate surface area is 182 Å². The van der Waals surface area contributed by atoms with E-state index in [0.29, 0.717) is 0 Å². The van der Waals surface area contributed by atoms with Crippen LogP contribution in [-0.4, -0.2) is 29.4 Å². The Kier molecular flexibility index (Phi) is 7.50. The predicted molar refractivity (Wildman–Crippen MR) is 118 cm³/mol. The first-order valence-corrected chi connectivity index (χ1v) is 10.0. The van der Waals surface area contributed by atoms with Crippen molar-refractivity contribution < 1.29 is 9.59 Å². The first-order chi connectivity index (χ1) is 15.1. The van der Waals surface area contributed by atoms with Crippen LogP contribution in [0.2, 0.25) is 0 Å². The molecule has 3 rings (SSSR count). The van der Waals surface area contributed by atoms with E-state index >= 15 is 0 Å². The van der Waals surface area contributed by atoms with Crippen molar-refractivity contribution in [1.82, 2.24) is 15.6 Å². The van der Waals surface area contributed by atoms with E-state index in [1.807, 2.05) is 79.7 Å². The van der Waals surface area contributed by atoms with Gasteiger partial charge in [-0.25, -0.2) is 0 Å². The second-order valence-corrected chi connectivity index (χ2v) is 7.27. The lowest BCUT2D eigenvalue weighted by atomic mass is 9.90. The Morgan fingerprint density at radius 2 is 1.58 bits per heavy atom. The minimum Gasteiger partial charge on any atom is -0.343 e. The van der Waals surface area contributed by atoms with E-state index in [2.05, 4.69) is 15.6 Å². The van der Waals surface area contributed by atoms with E-state index in [1.165, 1.54) is 0 Å². The highest BCUT2D eigenvalue weighted by Crippen LogP contribution is 2.25. The fourth-order valence-electron chi connectivity index (χ4n) is 3.47. The molecule has 6 heteroatoms. The van der Waals surface area contributed by atoms with Crippen LogP contribution in [0.3, 0.4) is 0 Å². The minimum atomic E-state index is -0.834. The average molecular weight is 412 g/mol. The zero-order valence-electron chi connectivity index (χ0n) is 17.3. The van der Waals surface area contributed by atoms with Gasteiger partial charge in [0.15, 0.2) is 0 Å². The smallest absolute Gasteiger partial charge is 0.243 e. The summed E-state index contributed by atoms with van der Waals surface area (Å²) < 4.78 is 0. The van der Waals surface area contributed by atoms with Gasteiger partial charge in [0.05, 0.1) is 12.0 Å². The monoisotopic (exact) mass is 412 g/mol. The Morgan fingerprint density at radius 1 is 0.968 bits per heavy atom. The van der Waals surface area contributed by atoms with Gasteiger partial charge in [0, 0.05) is 18.8 Å². The molecule has 1 aromatic heterocycles. The summed E-state index contributed by atoms with van der Waals surface area (Å²) in [6, 6.07) is 21.9. The molecule has 1 heterocycles. The third-order valence-corrected chi connectivity index (χ3v) is 4.87. The summed E-state index contributed by atoms with van der Waals surface area (Å²) in [6.45, 7) is 1.79. The van der Waals surface area contributed by atoms with Crippen molar-refractivity contribution in [2.45, 2.75) is 25.3 Å². The van der Waals surface area contributed by atoms with E-state index in [0.717, 1.165) is 22.3 Å². The number of aromatic nitrogens is 1. The molecule has 2 N–H and O–H groups in total. The molecule has 3 aromatic rings. The number of carbonyl (C=O) groups excluding carboxylic acids is 2. The standard InChI is InChI=1S/C25H24N4O2/c1-18-14-19(17-27-16-18)15-22(24(30)28-13-12-26)29-25(31)23(20-8-4-2-5-9-20)21-10-6-3-7-11-21/h2-11,14,16-17,22-23H,13,15H2,1H3,(H,28,30)(H,29,31). The summed E-state index contributed by atoms with van der Waals surface area (Å²) in [7, 11) is 0. The molecule has 1 unspecified atom stereocenters. The van der Waals surface area contributed by atoms with E-state index in [1.54, 1.807) is 12.4 Å². The van der Waals surface area contributed by atoms with E-state index in [4.69, 9.17) is 5.26 Å². The highest BCUT2D eigenvalue weighted by atomic mass is 16.2. The van der Waals surface area contributed by atoms with Gasteiger partial charge in [-0.1, -0.05) is 66.7 Å². The van der Waals surface area contributed by atoms with Gasteiger partial charge in [-0.05, 0) is 29.2 Å². The van der Waals surface area contributed by atoms with Crippen LogP contribution >= 0.6 is 0 Å². The van der Waals surface area contributed by atoms with Crippen molar-refractivity contribution in [2.24, 2.45) is 0 Å². The number of nitriles is 1. The van der Waals surface area contributed by atoms with Crippen LogP contribution in [0.4, 0.5) is 0 Å². The maximum atomic E-state index is 13.4. The largest absolute Gasteiger partial charge is 0.343 e. The van der Waals surface area contributed by atoms with Crippen LogP contribution in [0, 0.1) is 18.3 Å². The zero-order chi connectivity index (χ0) is 22.1. The number of hydrogen-bond donors (Lipinski definition) is 2. The third kappa shape index (κ3) is 6.00. The van der Waals surface area contributed by atoms with Crippen molar-refractivity contribution in [3.63, 3.8) is 0 Å². The summed E-state index contributed by atoms with van der Waals surface area (Å²) in [6.07, 6.45) is 3.68. The number of nitrogens with zero attached hydrogens (tertiary/aromatic N) is 2. The number of amides is 2. The summed E-state index contributed by atoms with van der Waals surface area (Å²) in [5.74, 6) is -1.25. The maximum absolute atomic E-state index is 13.4. The van der Waals surface area contributed by atoms with E-state index in [9.17, 15) is 9.59 Å². The quantitative estimate of drug-likeness (QED) is 0.556. The molecule has 0 spiro atoms. The number of nitrogens with one attached hydrogen (secondary N) is 2. The van der Waals surface area contributed by atoms with Gasteiger partial charge in [0.2, 0.25) is 11.8 Å². The Hall–Kier alpha value is -3.98. The van der Waals surface area contributed by atoms with Gasteiger partial charge in [-0.2, -0.15) is 5.26 Å². The fourth-order valence-corrected chi connectivity index (χ4v) is 3.47. The number of benzene rings is 2. The molecular weight excluding hydrogens is 388 g/mol. The molecule has 156 valence electrons. The second kappa shape index (κ2) is 10.7. The molecule has 1 atom stereocenters. The molecule has 0 aliphatic rings. The summed E-state index contributed by atoms with van der Waals surface area (Å²) in [5, 5.41) is 14.3. The molecule has 0 bridgehead atoms. The lowest BCUT2D eigenvalue weighted by Gasteiger charge is -2.23. The number of pyridine rings is 1. The number of aryl methyl sites for hydroxylation is 1. The number of carbonyl (C=O) groups is 2. The van der Waals surface area contributed by atoms with Gasteiger partial charge >= 0.3 is 0 Å². The van der Waals surface area contributed by atoms with Crippen molar-refractivity contribution in [2.75, 3.05) is 6.54 Å². The molecule has 31 heavy (non-hydrogen) atoms. The molecule has 0 aliphatic heterocycles. The summed E-state index contributed by atoms with van der Waals surface area (Å²) in [4.78, 5) is 30.3. The first kappa shape index (κ1) is 21.7. The molecule has 0 radical (unpaired) electrons. The van der Waals surface area contributed by atoms with Gasteiger partial charge in [0.25, 0.3) is 0 Å². The lowest BCUT2D eigenvalue weighted by Crippen LogP contribution is -2.49. The summed E-state index contributed by atoms with van der Waals surface area (Å²) >= 11 is 0. The first-order valence-electron chi connectivity index (χ1n) is 10.0.